The van der Waals surface area contributed by atoms with E-state index in [9.17, 15) is 0 Å². The minimum atomic E-state index is 0.176. The molecule has 1 aromatic carbocycles. The average molecular weight is 287 g/mol. The van der Waals surface area contributed by atoms with E-state index in [1.54, 1.807) is 13.3 Å². The second-order valence-electron chi connectivity index (χ2n) is 5.15. The quantitative estimate of drug-likeness (QED) is 0.848. The van der Waals surface area contributed by atoms with Gasteiger partial charge in [0.1, 0.15) is 0 Å². The summed E-state index contributed by atoms with van der Waals surface area (Å²) in [5, 5.41) is 8.03. The Hall–Kier alpha value is -1.81. The highest BCUT2D eigenvalue weighted by Gasteiger charge is 2.26. The fourth-order valence-corrected chi connectivity index (χ4v) is 2.78. The van der Waals surface area contributed by atoms with Gasteiger partial charge in [-0.1, -0.05) is 44.2 Å². The smallest absolute Gasteiger partial charge is 0.161 e. The lowest BCUT2D eigenvalue weighted by molar-refractivity contribution is 0.378. The van der Waals surface area contributed by atoms with Gasteiger partial charge < -0.3 is 10.1 Å². The van der Waals surface area contributed by atoms with E-state index in [1.165, 1.54) is 5.56 Å². The van der Waals surface area contributed by atoms with Gasteiger partial charge in [-0.3, -0.25) is 4.68 Å². The van der Waals surface area contributed by atoms with E-state index in [0.717, 1.165) is 24.5 Å². The highest BCUT2D eigenvalue weighted by molar-refractivity contribution is 5.32. The molecule has 1 N–H and O–H groups in total. The fourth-order valence-electron chi connectivity index (χ4n) is 2.78. The van der Waals surface area contributed by atoms with E-state index in [-0.39, 0.29) is 6.04 Å². The van der Waals surface area contributed by atoms with Crippen molar-refractivity contribution in [2.45, 2.75) is 39.3 Å². The topological polar surface area (TPSA) is 39.1 Å². The minimum absolute atomic E-state index is 0.176. The van der Waals surface area contributed by atoms with Crippen LogP contribution >= 0.6 is 0 Å². The molecule has 0 aliphatic heterocycles. The summed E-state index contributed by atoms with van der Waals surface area (Å²) in [6, 6.07) is 10.7. The molecule has 0 bridgehead atoms. The summed E-state index contributed by atoms with van der Waals surface area (Å²) in [6.07, 6.45) is 1.81. The Labute approximate surface area is 127 Å². The molecular formula is C17H25N3O. The maximum absolute atomic E-state index is 5.52. The van der Waals surface area contributed by atoms with Gasteiger partial charge >= 0.3 is 0 Å². The largest absolute Gasteiger partial charge is 0.493 e. The Kier molecular flexibility index (Phi) is 5.39. The van der Waals surface area contributed by atoms with Gasteiger partial charge in [0.05, 0.1) is 25.0 Å². The van der Waals surface area contributed by atoms with Gasteiger partial charge in [-0.2, -0.15) is 5.10 Å². The third-order valence-corrected chi connectivity index (χ3v) is 3.91. The van der Waals surface area contributed by atoms with Gasteiger partial charge in [-0.15, -0.1) is 0 Å². The number of aromatic nitrogens is 2. The Morgan fingerprint density at radius 2 is 1.95 bits per heavy atom. The van der Waals surface area contributed by atoms with Crippen molar-refractivity contribution in [1.29, 1.82) is 0 Å². The van der Waals surface area contributed by atoms with Crippen LogP contribution in [0.5, 0.6) is 5.75 Å². The second-order valence-corrected chi connectivity index (χ2v) is 5.15. The molecule has 2 unspecified atom stereocenters. The summed E-state index contributed by atoms with van der Waals surface area (Å²) in [7, 11) is 1.71. The summed E-state index contributed by atoms with van der Waals surface area (Å²) in [5.74, 6) is 1.19. The van der Waals surface area contributed by atoms with Crippen LogP contribution in [0.2, 0.25) is 0 Å². The highest BCUT2D eigenvalue weighted by atomic mass is 16.5. The molecule has 0 fully saturated rings. The second kappa shape index (κ2) is 7.27. The highest BCUT2D eigenvalue weighted by Crippen LogP contribution is 2.35. The number of nitrogens with one attached hydrogen (secondary N) is 1. The first-order valence-corrected chi connectivity index (χ1v) is 7.60. The van der Waals surface area contributed by atoms with Crippen LogP contribution in [-0.2, 0) is 6.54 Å². The molecule has 114 valence electrons. The van der Waals surface area contributed by atoms with Gasteiger partial charge in [0.15, 0.2) is 5.75 Å². The Morgan fingerprint density at radius 1 is 1.24 bits per heavy atom. The molecule has 1 heterocycles. The van der Waals surface area contributed by atoms with Crippen molar-refractivity contribution < 1.29 is 4.74 Å². The zero-order valence-corrected chi connectivity index (χ0v) is 13.3. The molecule has 4 nitrogen and oxygen atoms in total. The van der Waals surface area contributed by atoms with Crippen LogP contribution in [-0.4, -0.2) is 23.4 Å². The molecule has 0 aliphatic carbocycles. The number of likely N-dealkylation sites (N-methyl/N-ethyl adjacent to an activating group) is 1. The van der Waals surface area contributed by atoms with Crippen LogP contribution in [0.15, 0.2) is 36.5 Å². The number of hydrogen-bond donors (Lipinski definition) is 1. The fraction of sp³-hybridized carbons (Fsp3) is 0.471. The van der Waals surface area contributed by atoms with E-state index < -0.39 is 0 Å². The molecule has 21 heavy (non-hydrogen) atoms. The van der Waals surface area contributed by atoms with Crippen molar-refractivity contribution in [3.05, 3.63) is 47.8 Å². The molecule has 0 aliphatic rings. The minimum Gasteiger partial charge on any atom is -0.493 e. The number of hydrogen-bond acceptors (Lipinski definition) is 3. The van der Waals surface area contributed by atoms with Crippen molar-refractivity contribution in [2.75, 3.05) is 13.7 Å². The Morgan fingerprint density at radius 3 is 2.52 bits per heavy atom. The third-order valence-electron chi connectivity index (χ3n) is 3.91. The van der Waals surface area contributed by atoms with E-state index in [0.29, 0.717) is 5.92 Å². The van der Waals surface area contributed by atoms with Crippen molar-refractivity contribution >= 4 is 0 Å². The van der Waals surface area contributed by atoms with E-state index in [2.05, 4.69) is 61.5 Å². The predicted octanol–water partition coefficient (Wildman–Crippen LogP) is 3.37. The van der Waals surface area contributed by atoms with Crippen molar-refractivity contribution in [2.24, 2.45) is 0 Å². The average Bonchev–Trinajstić information content (AvgIpc) is 2.95. The van der Waals surface area contributed by atoms with E-state index >= 15 is 0 Å². The summed E-state index contributed by atoms with van der Waals surface area (Å²) in [5.41, 5.74) is 2.44. The molecule has 4 heteroatoms. The van der Waals surface area contributed by atoms with Crippen LogP contribution in [0.25, 0.3) is 0 Å². The van der Waals surface area contributed by atoms with E-state index in [4.69, 9.17) is 4.74 Å². The molecule has 2 atom stereocenters. The van der Waals surface area contributed by atoms with Crippen LogP contribution in [0.4, 0.5) is 0 Å². The lowest BCUT2D eigenvalue weighted by Gasteiger charge is -2.26. The SMILES string of the molecule is CCNC(c1c(OC)cnn1CC)C(C)c1ccccc1. The number of benzene rings is 1. The van der Waals surface area contributed by atoms with Crippen molar-refractivity contribution in [3.8, 4) is 5.75 Å². The summed E-state index contributed by atoms with van der Waals surface area (Å²) in [6.45, 7) is 8.22. The van der Waals surface area contributed by atoms with Crippen molar-refractivity contribution in [3.63, 3.8) is 0 Å². The molecule has 0 saturated carbocycles. The predicted molar refractivity (Wildman–Crippen MR) is 85.7 cm³/mol. The lowest BCUT2D eigenvalue weighted by atomic mass is 9.90. The number of methoxy groups -OCH3 is 1. The number of ether oxygens (including phenoxy) is 1. The van der Waals surface area contributed by atoms with Gasteiger partial charge in [-0.05, 0) is 19.0 Å². The standard InChI is InChI=1S/C17H25N3O/c1-5-18-16(13(3)14-10-8-7-9-11-14)17-15(21-4)12-19-20(17)6-2/h7-13,16,18H,5-6H2,1-4H3. The first kappa shape index (κ1) is 15.6. The van der Waals surface area contributed by atoms with Crippen LogP contribution in [0.1, 0.15) is 44.0 Å². The Balaban J connectivity index is 2.41. The molecular weight excluding hydrogens is 262 g/mol. The number of aryl methyl sites for hydroxylation is 1. The third kappa shape index (κ3) is 3.27. The summed E-state index contributed by atoms with van der Waals surface area (Å²) in [4.78, 5) is 0. The van der Waals surface area contributed by atoms with Gasteiger partial charge in [0, 0.05) is 12.5 Å². The van der Waals surface area contributed by atoms with Crippen molar-refractivity contribution in [1.82, 2.24) is 15.1 Å². The van der Waals surface area contributed by atoms with Crippen LogP contribution < -0.4 is 10.1 Å². The molecule has 1 aromatic heterocycles. The molecule has 2 aromatic rings. The molecule has 0 saturated heterocycles. The summed E-state index contributed by atoms with van der Waals surface area (Å²) >= 11 is 0. The monoisotopic (exact) mass is 287 g/mol. The van der Waals surface area contributed by atoms with Crippen LogP contribution in [0, 0.1) is 0 Å². The first-order chi connectivity index (χ1) is 10.2. The van der Waals surface area contributed by atoms with E-state index in [1.807, 2.05) is 4.68 Å². The van der Waals surface area contributed by atoms with Gasteiger partial charge in [-0.25, -0.2) is 0 Å². The van der Waals surface area contributed by atoms with Crippen LogP contribution in [0.3, 0.4) is 0 Å². The lowest BCUT2D eigenvalue weighted by Crippen LogP contribution is -2.28. The van der Waals surface area contributed by atoms with Gasteiger partial charge in [0.25, 0.3) is 0 Å². The maximum atomic E-state index is 5.52. The number of rotatable bonds is 7. The number of nitrogens with zero attached hydrogens (tertiary/aromatic N) is 2. The first-order valence-electron chi connectivity index (χ1n) is 7.60. The summed E-state index contributed by atoms with van der Waals surface area (Å²) < 4.78 is 7.54. The zero-order valence-electron chi connectivity index (χ0n) is 13.3. The maximum Gasteiger partial charge on any atom is 0.161 e. The normalized spacial score (nSPS) is 13.9. The molecule has 2 rings (SSSR count). The molecule has 0 spiro atoms. The van der Waals surface area contributed by atoms with Gasteiger partial charge in [0.2, 0.25) is 0 Å². The zero-order chi connectivity index (χ0) is 15.2. The Bertz CT molecular complexity index is 529. The molecule has 0 amide bonds. The molecule has 0 radical (unpaired) electrons.